The molecular formula is C21H31N3O3. The molecule has 0 radical (unpaired) electrons. The van der Waals surface area contributed by atoms with E-state index in [0.717, 1.165) is 69.3 Å². The maximum absolute atomic E-state index is 13.0. The first-order valence-corrected chi connectivity index (χ1v) is 10.1. The molecule has 2 aliphatic rings. The average molecular weight is 373 g/mol. The molecule has 1 aromatic rings. The van der Waals surface area contributed by atoms with Crippen molar-refractivity contribution in [3.63, 3.8) is 0 Å². The fourth-order valence-electron chi connectivity index (χ4n) is 4.16. The summed E-state index contributed by atoms with van der Waals surface area (Å²) < 4.78 is 5.17. The Morgan fingerprint density at radius 1 is 1.15 bits per heavy atom. The van der Waals surface area contributed by atoms with Gasteiger partial charge in [0.1, 0.15) is 5.75 Å². The number of benzene rings is 1. The molecule has 27 heavy (non-hydrogen) atoms. The molecular weight excluding hydrogens is 342 g/mol. The fourth-order valence-corrected chi connectivity index (χ4v) is 4.16. The van der Waals surface area contributed by atoms with Crippen LogP contribution >= 0.6 is 0 Å². The summed E-state index contributed by atoms with van der Waals surface area (Å²) in [5, 5.41) is 6.12. The number of amides is 3. The average Bonchev–Trinajstić information content (AvgIpc) is 2.71. The van der Waals surface area contributed by atoms with Crippen LogP contribution in [0.3, 0.4) is 0 Å². The highest BCUT2D eigenvalue weighted by Gasteiger charge is 2.37. The SMILES string of the molecule is COc1ccc(CNC(=O)N2CCCCCNC(=O)[C@@H]3CCCC[C@@H]32)cc1. The number of nitrogens with one attached hydrogen (secondary N) is 2. The van der Waals surface area contributed by atoms with E-state index < -0.39 is 0 Å². The molecule has 2 N–H and O–H groups in total. The van der Waals surface area contributed by atoms with Crippen molar-refractivity contribution < 1.29 is 14.3 Å². The van der Waals surface area contributed by atoms with Gasteiger partial charge >= 0.3 is 6.03 Å². The van der Waals surface area contributed by atoms with E-state index in [1.54, 1.807) is 7.11 Å². The fraction of sp³-hybridized carbons (Fsp3) is 0.619. The van der Waals surface area contributed by atoms with Crippen LogP contribution in [0.2, 0.25) is 0 Å². The van der Waals surface area contributed by atoms with Crippen LogP contribution < -0.4 is 15.4 Å². The third-order valence-electron chi connectivity index (χ3n) is 5.71. The molecule has 148 valence electrons. The largest absolute Gasteiger partial charge is 0.497 e. The second kappa shape index (κ2) is 9.62. The summed E-state index contributed by atoms with van der Waals surface area (Å²) >= 11 is 0. The van der Waals surface area contributed by atoms with Gasteiger partial charge in [0.2, 0.25) is 5.91 Å². The Labute approximate surface area is 161 Å². The number of rotatable bonds is 3. The molecule has 0 spiro atoms. The molecule has 2 atom stereocenters. The molecule has 6 heteroatoms. The third kappa shape index (κ3) is 5.15. The maximum Gasteiger partial charge on any atom is 0.317 e. The van der Waals surface area contributed by atoms with Gasteiger partial charge in [-0.2, -0.15) is 0 Å². The summed E-state index contributed by atoms with van der Waals surface area (Å²) in [7, 11) is 1.64. The summed E-state index contributed by atoms with van der Waals surface area (Å²) in [5.74, 6) is 0.843. The molecule has 1 saturated carbocycles. The van der Waals surface area contributed by atoms with E-state index in [1.807, 2.05) is 29.2 Å². The van der Waals surface area contributed by atoms with Crippen LogP contribution in [0.15, 0.2) is 24.3 Å². The first-order chi connectivity index (χ1) is 13.2. The van der Waals surface area contributed by atoms with E-state index in [0.29, 0.717) is 6.54 Å². The minimum atomic E-state index is -0.0800. The molecule has 1 aliphatic carbocycles. The summed E-state index contributed by atoms with van der Waals surface area (Å²) in [6.45, 7) is 1.96. The number of carbonyl (C=O) groups is 2. The molecule has 0 bridgehead atoms. The van der Waals surface area contributed by atoms with Crippen molar-refractivity contribution in [1.29, 1.82) is 0 Å². The van der Waals surface area contributed by atoms with Crippen molar-refractivity contribution >= 4 is 11.9 Å². The number of hydrogen-bond donors (Lipinski definition) is 2. The maximum atomic E-state index is 13.0. The molecule has 3 rings (SSSR count). The van der Waals surface area contributed by atoms with Crippen molar-refractivity contribution in [3.05, 3.63) is 29.8 Å². The highest BCUT2D eigenvalue weighted by atomic mass is 16.5. The van der Waals surface area contributed by atoms with E-state index in [9.17, 15) is 9.59 Å². The van der Waals surface area contributed by atoms with Crippen LogP contribution in [-0.4, -0.2) is 43.1 Å². The third-order valence-corrected chi connectivity index (χ3v) is 5.71. The van der Waals surface area contributed by atoms with Crippen LogP contribution in [0.1, 0.15) is 50.5 Å². The van der Waals surface area contributed by atoms with Crippen molar-refractivity contribution in [1.82, 2.24) is 15.5 Å². The molecule has 1 aliphatic heterocycles. The van der Waals surface area contributed by atoms with Gasteiger partial charge in [0.25, 0.3) is 0 Å². The van der Waals surface area contributed by atoms with Gasteiger partial charge in [-0.1, -0.05) is 25.0 Å². The number of urea groups is 1. The van der Waals surface area contributed by atoms with Crippen LogP contribution in [-0.2, 0) is 11.3 Å². The Morgan fingerprint density at radius 2 is 1.93 bits per heavy atom. The summed E-state index contributed by atoms with van der Waals surface area (Å²) in [6.07, 6.45) is 6.92. The van der Waals surface area contributed by atoms with Gasteiger partial charge in [-0.3, -0.25) is 4.79 Å². The molecule has 1 aromatic carbocycles. The highest BCUT2D eigenvalue weighted by molar-refractivity contribution is 5.81. The lowest BCUT2D eigenvalue weighted by Crippen LogP contribution is -2.54. The van der Waals surface area contributed by atoms with Crippen molar-refractivity contribution in [3.8, 4) is 5.75 Å². The summed E-state index contributed by atoms with van der Waals surface area (Å²) in [4.78, 5) is 27.5. The first kappa shape index (κ1) is 19.5. The van der Waals surface area contributed by atoms with E-state index in [4.69, 9.17) is 4.74 Å². The number of methoxy groups -OCH3 is 1. The number of nitrogens with zero attached hydrogens (tertiary/aromatic N) is 1. The van der Waals surface area contributed by atoms with Crippen LogP contribution in [0.4, 0.5) is 4.79 Å². The Balaban J connectivity index is 1.67. The second-order valence-corrected chi connectivity index (χ2v) is 7.51. The monoisotopic (exact) mass is 373 g/mol. The molecule has 2 fully saturated rings. The van der Waals surface area contributed by atoms with E-state index >= 15 is 0 Å². The predicted molar refractivity (Wildman–Crippen MR) is 105 cm³/mol. The zero-order valence-electron chi connectivity index (χ0n) is 16.2. The van der Waals surface area contributed by atoms with Crippen molar-refractivity contribution in [2.24, 2.45) is 5.92 Å². The van der Waals surface area contributed by atoms with E-state index in [1.165, 1.54) is 0 Å². The molecule has 6 nitrogen and oxygen atoms in total. The van der Waals surface area contributed by atoms with Crippen molar-refractivity contribution in [2.75, 3.05) is 20.2 Å². The van der Waals surface area contributed by atoms with Crippen LogP contribution in [0.5, 0.6) is 5.75 Å². The van der Waals surface area contributed by atoms with Gasteiger partial charge < -0.3 is 20.3 Å². The lowest BCUT2D eigenvalue weighted by Gasteiger charge is -2.40. The quantitative estimate of drug-likeness (QED) is 0.855. The highest BCUT2D eigenvalue weighted by Crippen LogP contribution is 2.30. The standard InChI is InChI=1S/C21H31N3O3/c1-27-17-11-9-16(10-12-17)15-23-21(26)24-14-6-2-5-13-22-20(25)18-7-3-4-8-19(18)24/h9-12,18-19H,2-8,13-15H2,1H3,(H,22,25)(H,23,26)/t18-,19+/m1/s1. The Morgan fingerprint density at radius 3 is 2.70 bits per heavy atom. The number of ether oxygens (including phenoxy) is 1. The molecule has 0 aromatic heterocycles. The predicted octanol–water partition coefficient (Wildman–Crippen LogP) is 3.07. The topological polar surface area (TPSA) is 70.7 Å². The second-order valence-electron chi connectivity index (χ2n) is 7.51. The van der Waals surface area contributed by atoms with Gasteiger partial charge in [0.15, 0.2) is 0 Å². The van der Waals surface area contributed by atoms with Gasteiger partial charge in [-0.15, -0.1) is 0 Å². The number of hydrogen-bond acceptors (Lipinski definition) is 3. The minimum absolute atomic E-state index is 0.00715. The molecule has 3 amide bonds. The normalized spacial score (nSPS) is 23.7. The van der Waals surface area contributed by atoms with Gasteiger partial charge in [0, 0.05) is 25.7 Å². The number of fused-ring (bicyclic) bond motifs is 1. The van der Waals surface area contributed by atoms with E-state index in [2.05, 4.69) is 10.6 Å². The first-order valence-electron chi connectivity index (χ1n) is 10.1. The lowest BCUT2D eigenvalue weighted by atomic mass is 9.82. The Bertz CT molecular complexity index is 632. The lowest BCUT2D eigenvalue weighted by molar-refractivity contribution is -0.128. The van der Waals surface area contributed by atoms with Gasteiger partial charge in [0.05, 0.1) is 13.0 Å². The van der Waals surface area contributed by atoms with Crippen molar-refractivity contribution in [2.45, 2.75) is 57.5 Å². The smallest absolute Gasteiger partial charge is 0.317 e. The summed E-state index contributed by atoms with van der Waals surface area (Å²) in [6, 6.07) is 7.65. The van der Waals surface area contributed by atoms with Crippen LogP contribution in [0, 0.1) is 5.92 Å². The molecule has 0 unspecified atom stereocenters. The zero-order valence-corrected chi connectivity index (χ0v) is 16.2. The number of carbonyl (C=O) groups excluding carboxylic acids is 2. The van der Waals surface area contributed by atoms with Crippen LogP contribution in [0.25, 0.3) is 0 Å². The minimum Gasteiger partial charge on any atom is -0.497 e. The molecule has 1 saturated heterocycles. The van der Waals surface area contributed by atoms with Gasteiger partial charge in [-0.05, 0) is 49.8 Å². The Hall–Kier alpha value is -2.24. The summed E-state index contributed by atoms with van der Waals surface area (Å²) in [5.41, 5.74) is 1.03. The van der Waals surface area contributed by atoms with Gasteiger partial charge in [-0.25, -0.2) is 4.79 Å². The van der Waals surface area contributed by atoms with E-state index in [-0.39, 0.29) is 23.9 Å². The zero-order chi connectivity index (χ0) is 19.1. The molecule has 1 heterocycles. The Kier molecular flexibility index (Phi) is 6.96.